The topological polar surface area (TPSA) is 95.7 Å². The van der Waals surface area contributed by atoms with E-state index in [2.05, 4.69) is 20.2 Å². The van der Waals surface area contributed by atoms with Gasteiger partial charge >= 0.3 is 0 Å². The Balaban J connectivity index is 0.00000156. The maximum Gasteiger partial charge on any atom is 0.258 e. The van der Waals surface area contributed by atoms with Gasteiger partial charge in [-0.15, -0.1) is 12.4 Å². The predicted molar refractivity (Wildman–Crippen MR) is 86.4 cm³/mol. The summed E-state index contributed by atoms with van der Waals surface area (Å²) in [6, 6.07) is 5.90. The zero-order valence-electron chi connectivity index (χ0n) is 12.6. The first-order valence-corrected chi connectivity index (χ1v) is 7.25. The lowest BCUT2D eigenvalue weighted by molar-refractivity contribution is 0.229. The zero-order chi connectivity index (χ0) is 15.2. The molecule has 0 spiro atoms. The smallest absolute Gasteiger partial charge is 0.258 e. The van der Waals surface area contributed by atoms with Crippen molar-refractivity contribution >= 4 is 12.4 Å². The highest BCUT2D eigenvalue weighted by molar-refractivity contribution is 5.85. The fourth-order valence-electron chi connectivity index (χ4n) is 2.70. The molecule has 1 aromatic carbocycles. The lowest BCUT2D eigenvalue weighted by Gasteiger charge is -2.34. The van der Waals surface area contributed by atoms with E-state index in [9.17, 15) is 0 Å². The maximum absolute atomic E-state index is 6.23. The summed E-state index contributed by atoms with van der Waals surface area (Å²) in [6.45, 7) is 2.01. The van der Waals surface area contributed by atoms with Crippen molar-refractivity contribution in [3.8, 4) is 17.1 Å². The van der Waals surface area contributed by atoms with Crippen LogP contribution in [-0.2, 0) is 5.54 Å². The van der Waals surface area contributed by atoms with Crippen molar-refractivity contribution < 1.29 is 4.52 Å². The van der Waals surface area contributed by atoms with Gasteiger partial charge in [0.2, 0.25) is 0 Å². The van der Waals surface area contributed by atoms with Crippen LogP contribution in [0.3, 0.4) is 0 Å². The van der Waals surface area contributed by atoms with Gasteiger partial charge in [0.1, 0.15) is 12.7 Å². The quantitative estimate of drug-likeness (QED) is 0.791. The van der Waals surface area contributed by atoms with Gasteiger partial charge in [0.05, 0.1) is 11.2 Å². The van der Waals surface area contributed by atoms with Crippen molar-refractivity contribution in [2.24, 2.45) is 5.73 Å². The summed E-state index contributed by atoms with van der Waals surface area (Å²) in [6.07, 6.45) is 6.12. The van der Waals surface area contributed by atoms with Crippen LogP contribution in [0, 0.1) is 6.92 Å². The van der Waals surface area contributed by atoms with Crippen molar-refractivity contribution in [1.82, 2.24) is 24.9 Å². The Morgan fingerprint density at radius 1 is 1.30 bits per heavy atom. The minimum Gasteiger partial charge on any atom is -0.334 e. The van der Waals surface area contributed by atoms with Gasteiger partial charge in [-0.3, -0.25) is 0 Å². The van der Waals surface area contributed by atoms with E-state index in [0.717, 1.165) is 36.1 Å². The molecule has 2 aromatic heterocycles. The van der Waals surface area contributed by atoms with E-state index in [4.69, 9.17) is 10.3 Å². The van der Waals surface area contributed by atoms with Gasteiger partial charge < -0.3 is 10.3 Å². The summed E-state index contributed by atoms with van der Waals surface area (Å²) in [7, 11) is 0. The molecular formula is C15H17ClN6O. The Bertz CT molecular complexity index is 809. The molecule has 0 radical (unpaired) electrons. The van der Waals surface area contributed by atoms with Crippen molar-refractivity contribution in [2.45, 2.75) is 31.7 Å². The van der Waals surface area contributed by atoms with Gasteiger partial charge in [-0.2, -0.15) is 10.1 Å². The van der Waals surface area contributed by atoms with Crippen LogP contribution < -0.4 is 5.73 Å². The second-order valence-corrected chi connectivity index (χ2v) is 5.77. The summed E-state index contributed by atoms with van der Waals surface area (Å²) in [4.78, 5) is 8.43. The van der Waals surface area contributed by atoms with Crippen molar-refractivity contribution in [3.05, 3.63) is 42.2 Å². The standard InChI is InChI=1S/C15H16N6O.ClH/c1-10-7-11(3-4-12(10)21-9-17-8-18-21)13-19-14(20-22-13)15(16)5-2-6-15;/h3-4,7-9H,2,5-6,16H2,1H3;1H. The van der Waals surface area contributed by atoms with Crippen LogP contribution in [0.4, 0.5) is 0 Å². The van der Waals surface area contributed by atoms with Crippen LogP contribution in [0.2, 0.25) is 0 Å². The van der Waals surface area contributed by atoms with Gasteiger partial charge in [0, 0.05) is 5.56 Å². The van der Waals surface area contributed by atoms with Crippen LogP contribution >= 0.6 is 12.4 Å². The van der Waals surface area contributed by atoms with E-state index in [-0.39, 0.29) is 12.4 Å². The molecule has 0 saturated heterocycles. The Morgan fingerprint density at radius 2 is 2.13 bits per heavy atom. The third kappa shape index (κ3) is 2.62. The van der Waals surface area contributed by atoms with E-state index < -0.39 is 5.54 Å². The molecule has 8 heteroatoms. The number of hydrogen-bond acceptors (Lipinski definition) is 6. The van der Waals surface area contributed by atoms with E-state index in [1.54, 1.807) is 11.0 Å². The molecule has 1 saturated carbocycles. The third-order valence-corrected chi connectivity index (χ3v) is 4.23. The molecule has 3 aromatic rings. The Hall–Kier alpha value is -2.25. The van der Waals surface area contributed by atoms with Gasteiger partial charge in [-0.1, -0.05) is 5.16 Å². The van der Waals surface area contributed by atoms with Crippen LogP contribution in [0.5, 0.6) is 0 Å². The highest BCUT2D eigenvalue weighted by atomic mass is 35.5. The molecule has 7 nitrogen and oxygen atoms in total. The Morgan fingerprint density at radius 3 is 2.74 bits per heavy atom. The van der Waals surface area contributed by atoms with Crippen LogP contribution in [0.25, 0.3) is 17.1 Å². The second kappa shape index (κ2) is 5.75. The first kappa shape index (κ1) is 15.6. The first-order valence-electron chi connectivity index (χ1n) is 7.25. The fraction of sp³-hybridized carbons (Fsp3) is 0.333. The number of aryl methyl sites for hydroxylation is 1. The molecule has 1 fully saturated rings. The molecule has 2 heterocycles. The molecule has 120 valence electrons. The average molecular weight is 333 g/mol. The number of nitrogens with zero attached hydrogens (tertiary/aromatic N) is 5. The van der Waals surface area contributed by atoms with Crippen LogP contribution in [-0.4, -0.2) is 24.9 Å². The van der Waals surface area contributed by atoms with Crippen LogP contribution in [0.1, 0.15) is 30.7 Å². The number of aromatic nitrogens is 5. The van der Waals surface area contributed by atoms with E-state index in [0.29, 0.717) is 11.7 Å². The largest absolute Gasteiger partial charge is 0.334 e. The SMILES string of the molecule is Cc1cc(-c2nc(C3(N)CCC3)no2)ccc1-n1cncn1.Cl. The van der Waals surface area contributed by atoms with Gasteiger partial charge in [0.15, 0.2) is 5.82 Å². The highest BCUT2D eigenvalue weighted by Gasteiger charge is 2.39. The Kier molecular flexibility index (Phi) is 3.91. The molecule has 0 atom stereocenters. The van der Waals surface area contributed by atoms with Crippen LogP contribution in [0.15, 0.2) is 35.4 Å². The van der Waals surface area contributed by atoms with E-state index in [1.807, 2.05) is 25.1 Å². The predicted octanol–water partition coefficient (Wildman–Crippen LogP) is 2.39. The molecule has 4 rings (SSSR count). The molecule has 2 N–H and O–H groups in total. The highest BCUT2D eigenvalue weighted by Crippen LogP contribution is 2.37. The maximum atomic E-state index is 6.23. The van der Waals surface area contributed by atoms with E-state index >= 15 is 0 Å². The molecule has 0 bridgehead atoms. The molecular weight excluding hydrogens is 316 g/mol. The second-order valence-electron chi connectivity index (χ2n) is 5.77. The fourth-order valence-corrected chi connectivity index (χ4v) is 2.70. The van der Waals surface area contributed by atoms with Crippen molar-refractivity contribution in [3.63, 3.8) is 0 Å². The van der Waals surface area contributed by atoms with Crippen molar-refractivity contribution in [1.29, 1.82) is 0 Å². The van der Waals surface area contributed by atoms with E-state index in [1.165, 1.54) is 6.33 Å². The summed E-state index contributed by atoms with van der Waals surface area (Å²) in [5.41, 5.74) is 8.72. The number of halogens is 1. The normalized spacial score (nSPS) is 15.7. The summed E-state index contributed by atoms with van der Waals surface area (Å²) in [5, 5.41) is 8.19. The monoisotopic (exact) mass is 332 g/mol. The number of nitrogens with two attached hydrogens (primary N) is 1. The minimum atomic E-state index is -0.405. The molecule has 0 unspecified atom stereocenters. The van der Waals surface area contributed by atoms with Crippen molar-refractivity contribution in [2.75, 3.05) is 0 Å². The zero-order valence-corrected chi connectivity index (χ0v) is 13.5. The summed E-state index contributed by atoms with van der Waals surface area (Å²) < 4.78 is 7.11. The number of rotatable bonds is 3. The molecule has 0 amide bonds. The molecule has 1 aliphatic rings. The van der Waals surface area contributed by atoms with Gasteiger partial charge in [-0.05, 0) is 49.9 Å². The molecule has 0 aliphatic heterocycles. The minimum absolute atomic E-state index is 0. The molecule has 23 heavy (non-hydrogen) atoms. The third-order valence-electron chi connectivity index (χ3n) is 4.23. The Labute approximate surface area is 139 Å². The average Bonchev–Trinajstić information content (AvgIpc) is 3.16. The lowest BCUT2D eigenvalue weighted by Crippen LogP contribution is -2.44. The first-order chi connectivity index (χ1) is 10.7. The summed E-state index contributed by atoms with van der Waals surface area (Å²) in [5.74, 6) is 1.10. The summed E-state index contributed by atoms with van der Waals surface area (Å²) >= 11 is 0. The lowest BCUT2D eigenvalue weighted by atomic mass is 9.77. The number of benzene rings is 1. The molecule has 1 aliphatic carbocycles. The van der Waals surface area contributed by atoms with Gasteiger partial charge in [0.25, 0.3) is 5.89 Å². The number of hydrogen-bond donors (Lipinski definition) is 1. The van der Waals surface area contributed by atoms with Gasteiger partial charge in [-0.25, -0.2) is 9.67 Å².